The van der Waals surface area contributed by atoms with Crippen LogP contribution in [0.5, 0.6) is 0 Å². The summed E-state index contributed by atoms with van der Waals surface area (Å²) in [4.78, 5) is 48.5. The normalized spacial score (nSPS) is 22.9. The summed E-state index contributed by atoms with van der Waals surface area (Å²) < 4.78 is 4.90. The lowest BCUT2D eigenvalue weighted by atomic mass is 10.0. The molecule has 3 atom stereocenters. The van der Waals surface area contributed by atoms with E-state index in [4.69, 9.17) is 4.74 Å². The Morgan fingerprint density at radius 2 is 2.14 bits per heavy atom. The van der Waals surface area contributed by atoms with Crippen LogP contribution in [0, 0.1) is 0 Å². The summed E-state index contributed by atoms with van der Waals surface area (Å²) >= 11 is 1.57. The number of rotatable bonds is 5. The lowest BCUT2D eigenvalue weighted by molar-refractivity contribution is -0.163. The standard InChI is InChI=1S/C19H20N4O4S/c1-27-19(26)14(7-13-8-20-11-21-13)22-9-16(24)23-15(17(22)25)10-28-18(23)12-5-3-2-4-6-12/h2-6,8,11,14-15,18H,7,9-10H2,1H3,(H,20,21)/t14-,15-,18+/m0/s1. The van der Waals surface area contributed by atoms with E-state index in [9.17, 15) is 14.4 Å². The van der Waals surface area contributed by atoms with E-state index in [2.05, 4.69) is 9.97 Å². The van der Waals surface area contributed by atoms with Gasteiger partial charge in [0.1, 0.15) is 24.0 Å². The fraction of sp³-hybridized carbons (Fsp3) is 0.368. The van der Waals surface area contributed by atoms with Gasteiger partial charge in [-0.2, -0.15) is 0 Å². The molecule has 2 aliphatic rings. The van der Waals surface area contributed by atoms with Crippen molar-refractivity contribution in [1.82, 2.24) is 19.8 Å². The number of nitrogens with one attached hydrogen (secondary N) is 1. The van der Waals surface area contributed by atoms with Gasteiger partial charge in [0.25, 0.3) is 0 Å². The highest BCUT2D eigenvalue weighted by Crippen LogP contribution is 2.43. The second-order valence-electron chi connectivity index (χ2n) is 6.70. The molecule has 2 saturated heterocycles. The zero-order valence-corrected chi connectivity index (χ0v) is 16.1. The molecule has 2 aromatic rings. The Morgan fingerprint density at radius 1 is 1.36 bits per heavy atom. The number of aromatic amines is 1. The summed E-state index contributed by atoms with van der Waals surface area (Å²) in [5.74, 6) is -0.435. The van der Waals surface area contributed by atoms with Crippen molar-refractivity contribution in [2.75, 3.05) is 19.4 Å². The molecule has 2 amide bonds. The number of esters is 1. The van der Waals surface area contributed by atoms with E-state index >= 15 is 0 Å². The van der Waals surface area contributed by atoms with E-state index in [0.29, 0.717) is 11.4 Å². The Kier molecular flexibility index (Phi) is 5.08. The monoisotopic (exact) mass is 400 g/mol. The highest BCUT2D eigenvalue weighted by atomic mass is 32.2. The van der Waals surface area contributed by atoms with Crippen molar-refractivity contribution in [3.63, 3.8) is 0 Å². The van der Waals surface area contributed by atoms with Gasteiger partial charge in [-0.25, -0.2) is 9.78 Å². The summed E-state index contributed by atoms with van der Waals surface area (Å²) in [5.41, 5.74) is 1.69. The predicted octanol–water partition coefficient (Wildman–Crippen LogP) is 0.979. The van der Waals surface area contributed by atoms with E-state index in [1.165, 1.54) is 18.3 Å². The van der Waals surface area contributed by atoms with Crippen LogP contribution in [-0.4, -0.2) is 69.0 Å². The van der Waals surface area contributed by atoms with E-state index in [-0.39, 0.29) is 30.2 Å². The first-order chi connectivity index (χ1) is 13.6. The van der Waals surface area contributed by atoms with Crippen LogP contribution < -0.4 is 0 Å². The Balaban J connectivity index is 1.59. The predicted molar refractivity (Wildman–Crippen MR) is 102 cm³/mol. The quantitative estimate of drug-likeness (QED) is 0.752. The van der Waals surface area contributed by atoms with Gasteiger partial charge in [0.15, 0.2) is 0 Å². The van der Waals surface area contributed by atoms with Crippen LogP contribution >= 0.6 is 11.8 Å². The van der Waals surface area contributed by atoms with Crippen molar-refractivity contribution < 1.29 is 19.1 Å². The van der Waals surface area contributed by atoms with Crippen LogP contribution in [0.2, 0.25) is 0 Å². The van der Waals surface area contributed by atoms with Crippen LogP contribution in [0.4, 0.5) is 0 Å². The third-order valence-electron chi connectivity index (χ3n) is 5.06. The molecule has 4 rings (SSSR count). The number of amides is 2. The molecule has 0 radical (unpaired) electrons. The number of fused-ring (bicyclic) bond motifs is 1. The first kappa shape index (κ1) is 18.5. The van der Waals surface area contributed by atoms with Crippen LogP contribution in [0.15, 0.2) is 42.9 Å². The SMILES string of the molecule is COC(=O)[C@H](Cc1cnc[nH]1)N1CC(=O)N2[C@@H](c3ccccc3)SC[C@H]2C1=O. The van der Waals surface area contributed by atoms with Gasteiger partial charge < -0.3 is 19.5 Å². The zero-order valence-electron chi connectivity index (χ0n) is 15.3. The summed E-state index contributed by atoms with van der Waals surface area (Å²) in [6.07, 6.45) is 3.32. The smallest absolute Gasteiger partial charge is 0.329 e. The Morgan fingerprint density at radius 3 is 2.82 bits per heavy atom. The highest BCUT2D eigenvalue weighted by Gasteiger charge is 2.50. The Hall–Kier alpha value is -2.81. The first-order valence-corrected chi connectivity index (χ1v) is 9.98. The van der Waals surface area contributed by atoms with E-state index < -0.39 is 18.1 Å². The van der Waals surface area contributed by atoms with Crippen molar-refractivity contribution in [3.8, 4) is 0 Å². The first-order valence-electron chi connectivity index (χ1n) is 8.93. The molecule has 146 valence electrons. The van der Waals surface area contributed by atoms with Crippen LogP contribution in [0.25, 0.3) is 0 Å². The third-order valence-corrected chi connectivity index (χ3v) is 6.39. The van der Waals surface area contributed by atoms with Crippen molar-refractivity contribution in [2.45, 2.75) is 23.9 Å². The number of carbonyl (C=O) groups excluding carboxylic acids is 3. The number of piperazine rings is 1. The number of nitrogens with zero attached hydrogens (tertiary/aromatic N) is 3. The third kappa shape index (κ3) is 3.26. The maximum absolute atomic E-state index is 13.2. The van der Waals surface area contributed by atoms with Gasteiger partial charge in [-0.05, 0) is 5.56 Å². The molecule has 1 aromatic carbocycles. The molecule has 28 heavy (non-hydrogen) atoms. The number of carbonyl (C=O) groups is 3. The Bertz CT molecular complexity index is 873. The number of ether oxygens (including phenoxy) is 1. The molecule has 8 nitrogen and oxygen atoms in total. The van der Waals surface area contributed by atoms with Crippen molar-refractivity contribution in [3.05, 3.63) is 54.1 Å². The number of H-pyrrole nitrogens is 1. The number of imidazole rings is 1. The number of thioether (sulfide) groups is 1. The van der Waals surface area contributed by atoms with Crippen LogP contribution in [0.1, 0.15) is 16.6 Å². The summed E-state index contributed by atoms with van der Waals surface area (Å²) in [6.45, 7) is -0.146. The zero-order chi connectivity index (χ0) is 19.7. The molecule has 1 aromatic heterocycles. The number of hydrogen-bond acceptors (Lipinski definition) is 6. The molecule has 9 heteroatoms. The number of benzene rings is 1. The Labute approximate surface area is 166 Å². The summed E-state index contributed by atoms with van der Waals surface area (Å²) in [6, 6.07) is 8.23. The lowest BCUT2D eigenvalue weighted by Crippen LogP contribution is -2.62. The van der Waals surface area contributed by atoms with Gasteiger partial charge in [0.2, 0.25) is 11.8 Å². The van der Waals surface area contributed by atoms with Crippen LogP contribution in [0.3, 0.4) is 0 Å². The molecule has 0 saturated carbocycles. The molecule has 0 bridgehead atoms. The number of aromatic nitrogens is 2. The van der Waals surface area contributed by atoms with E-state index in [1.807, 2.05) is 30.3 Å². The lowest BCUT2D eigenvalue weighted by Gasteiger charge is -2.40. The maximum Gasteiger partial charge on any atom is 0.329 e. The second-order valence-corrected chi connectivity index (χ2v) is 7.81. The van der Waals surface area contributed by atoms with Crippen LogP contribution in [-0.2, 0) is 25.5 Å². The largest absolute Gasteiger partial charge is 0.467 e. The molecule has 0 spiro atoms. The molecule has 0 unspecified atom stereocenters. The minimum atomic E-state index is -0.871. The fourth-order valence-corrected chi connectivity index (χ4v) is 5.14. The molecule has 1 N–H and O–H groups in total. The minimum Gasteiger partial charge on any atom is -0.467 e. The van der Waals surface area contributed by atoms with Gasteiger partial charge in [-0.1, -0.05) is 30.3 Å². The maximum atomic E-state index is 13.2. The topological polar surface area (TPSA) is 95.6 Å². The van der Waals surface area contributed by atoms with E-state index in [0.717, 1.165) is 5.56 Å². The average Bonchev–Trinajstić information content (AvgIpc) is 3.39. The van der Waals surface area contributed by atoms with Gasteiger partial charge >= 0.3 is 5.97 Å². The number of methoxy groups -OCH3 is 1. The summed E-state index contributed by atoms with van der Waals surface area (Å²) in [5, 5.41) is -0.186. The molecule has 0 aliphatic carbocycles. The van der Waals surface area contributed by atoms with Crippen molar-refractivity contribution >= 4 is 29.5 Å². The van der Waals surface area contributed by atoms with Crippen molar-refractivity contribution in [1.29, 1.82) is 0 Å². The molecule has 2 fully saturated rings. The van der Waals surface area contributed by atoms with E-state index in [1.54, 1.807) is 22.9 Å². The minimum absolute atomic E-state index is 0.146. The second kappa shape index (κ2) is 7.67. The average molecular weight is 400 g/mol. The molecule has 3 heterocycles. The summed E-state index contributed by atoms with van der Waals surface area (Å²) in [7, 11) is 1.28. The van der Waals surface area contributed by atoms with Gasteiger partial charge in [-0.15, -0.1) is 11.8 Å². The number of hydrogen-bond donors (Lipinski definition) is 1. The fourth-order valence-electron chi connectivity index (χ4n) is 3.70. The highest BCUT2D eigenvalue weighted by molar-refractivity contribution is 7.99. The van der Waals surface area contributed by atoms with Gasteiger partial charge in [0.05, 0.1) is 13.4 Å². The van der Waals surface area contributed by atoms with Crippen molar-refractivity contribution in [2.24, 2.45) is 0 Å². The molecular weight excluding hydrogens is 380 g/mol. The molecule has 2 aliphatic heterocycles. The van der Waals surface area contributed by atoms with Gasteiger partial charge in [-0.3, -0.25) is 9.59 Å². The van der Waals surface area contributed by atoms with Gasteiger partial charge in [0, 0.05) is 24.1 Å². The molecular formula is C19H20N4O4S.